The van der Waals surface area contributed by atoms with E-state index in [9.17, 15) is 9.59 Å². The lowest BCUT2D eigenvalue weighted by Crippen LogP contribution is -2.25. The number of hydrogen-bond donors (Lipinski definition) is 0. The van der Waals surface area contributed by atoms with E-state index in [4.69, 9.17) is 4.74 Å². The molecule has 0 saturated carbocycles. The van der Waals surface area contributed by atoms with Gasteiger partial charge in [-0.25, -0.2) is 0 Å². The van der Waals surface area contributed by atoms with Crippen molar-refractivity contribution in [3.8, 4) is 5.69 Å². The Labute approximate surface area is 173 Å². The zero-order chi connectivity index (χ0) is 21.0. The van der Waals surface area contributed by atoms with Crippen molar-refractivity contribution < 1.29 is 14.3 Å². The van der Waals surface area contributed by atoms with E-state index in [-0.39, 0.29) is 11.5 Å². The van der Waals surface area contributed by atoms with E-state index in [0.717, 1.165) is 34.1 Å². The van der Waals surface area contributed by atoms with Crippen molar-refractivity contribution in [1.29, 1.82) is 0 Å². The van der Waals surface area contributed by atoms with Crippen LogP contribution in [0.15, 0.2) is 47.6 Å². The van der Waals surface area contributed by atoms with Crippen LogP contribution in [0.3, 0.4) is 0 Å². The van der Waals surface area contributed by atoms with E-state index < -0.39 is 12.1 Å². The van der Waals surface area contributed by atoms with Crippen LogP contribution in [0.2, 0.25) is 0 Å². The van der Waals surface area contributed by atoms with Gasteiger partial charge in [-0.1, -0.05) is 53.7 Å². The molecule has 0 bridgehead atoms. The van der Waals surface area contributed by atoms with Crippen LogP contribution in [-0.2, 0) is 9.53 Å². The summed E-state index contributed by atoms with van der Waals surface area (Å²) in [5.74, 6) is -0.737. The molecule has 0 spiro atoms. The number of nitrogens with zero attached hydrogens (tertiary/aromatic N) is 4. The molecule has 0 aliphatic rings. The molecular formula is C21H22N4O3S. The lowest BCUT2D eigenvalue weighted by atomic mass is 10.1. The predicted octanol–water partition coefficient (Wildman–Crippen LogP) is 3.49. The largest absolute Gasteiger partial charge is 0.454 e. The summed E-state index contributed by atoms with van der Waals surface area (Å²) in [5, 5.41) is 12.2. The highest BCUT2D eigenvalue weighted by molar-refractivity contribution is 7.99. The Kier molecular flexibility index (Phi) is 6.43. The summed E-state index contributed by atoms with van der Waals surface area (Å²) >= 11 is 1.16. The summed E-state index contributed by atoms with van der Waals surface area (Å²) < 4.78 is 6.89. The zero-order valence-electron chi connectivity index (χ0n) is 16.7. The summed E-state index contributed by atoms with van der Waals surface area (Å²) in [7, 11) is 0. The number of tetrazole rings is 1. The second-order valence-electron chi connectivity index (χ2n) is 6.81. The number of aromatic nitrogens is 4. The molecule has 0 radical (unpaired) electrons. The van der Waals surface area contributed by atoms with Crippen LogP contribution in [0.25, 0.3) is 5.69 Å². The second-order valence-corrected chi connectivity index (χ2v) is 7.76. The van der Waals surface area contributed by atoms with E-state index in [2.05, 4.69) is 15.5 Å². The van der Waals surface area contributed by atoms with Gasteiger partial charge in [0.25, 0.3) is 0 Å². The van der Waals surface area contributed by atoms with Gasteiger partial charge in [-0.2, -0.15) is 4.68 Å². The topological polar surface area (TPSA) is 87.0 Å². The lowest BCUT2D eigenvalue weighted by molar-refractivity contribution is -0.143. The van der Waals surface area contributed by atoms with Crippen LogP contribution < -0.4 is 0 Å². The van der Waals surface area contributed by atoms with Crippen molar-refractivity contribution in [3.63, 3.8) is 0 Å². The summed E-state index contributed by atoms with van der Waals surface area (Å²) in [6.45, 7) is 7.48. The number of carbonyl (C=O) groups excluding carboxylic acids is 2. The molecule has 1 atom stereocenters. The Morgan fingerprint density at radius 3 is 2.48 bits per heavy atom. The van der Waals surface area contributed by atoms with Crippen molar-refractivity contribution in [2.75, 3.05) is 5.75 Å². The normalized spacial score (nSPS) is 11.9. The number of benzene rings is 2. The number of esters is 1. The lowest BCUT2D eigenvalue weighted by Gasteiger charge is -2.12. The molecule has 0 N–H and O–H groups in total. The van der Waals surface area contributed by atoms with Crippen molar-refractivity contribution in [3.05, 3.63) is 64.7 Å². The van der Waals surface area contributed by atoms with Gasteiger partial charge in [0.2, 0.25) is 10.9 Å². The minimum absolute atomic E-state index is 0.00322. The predicted molar refractivity (Wildman–Crippen MR) is 110 cm³/mol. The van der Waals surface area contributed by atoms with E-state index in [1.807, 2.05) is 51.1 Å². The molecule has 0 fully saturated rings. The molecule has 0 amide bonds. The van der Waals surface area contributed by atoms with Gasteiger partial charge in [0.15, 0.2) is 6.10 Å². The van der Waals surface area contributed by atoms with Gasteiger partial charge in [0.05, 0.1) is 11.4 Å². The summed E-state index contributed by atoms with van der Waals surface area (Å²) in [4.78, 5) is 24.6. The number of thioether (sulfide) groups is 1. The van der Waals surface area contributed by atoms with Gasteiger partial charge >= 0.3 is 5.97 Å². The molecule has 1 heterocycles. The van der Waals surface area contributed by atoms with E-state index in [0.29, 0.717) is 10.7 Å². The second kappa shape index (κ2) is 9.00. The molecule has 0 aliphatic carbocycles. The molecule has 29 heavy (non-hydrogen) atoms. The highest BCUT2D eigenvalue weighted by atomic mass is 32.2. The summed E-state index contributed by atoms with van der Waals surface area (Å²) in [5.41, 5.74) is 4.53. The number of ketones is 1. The highest BCUT2D eigenvalue weighted by Gasteiger charge is 2.20. The van der Waals surface area contributed by atoms with Crippen LogP contribution >= 0.6 is 11.8 Å². The van der Waals surface area contributed by atoms with Gasteiger partial charge in [0, 0.05) is 5.56 Å². The highest BCUT2D eigenvalue weighted by Crippen LogP contribution is 2.22. The fraction of sp³-hybridized carbons (Fsp3) is 0.286. The average molecular weight is 410 g/mol. The first-order chi connectivity index (χ1) is 13.8. The number of ether oxygens (including phenoxy) is 1. The Morgan fingerprint density at radius 2 is 1.76 bits per heavy atom. The first kappa shape index (κ1) is 20.7. The van der Waals surface area contributed by atoms with Crippen molar-refractivity contribution in [2.45, 2.75) is 39.0 Å². The first-order valence-corrected chi connectivity index (χ1v) is 10.1. The van der Waals surface area contributed by atoms with Crippen molar-refractivity contribution in [1.82, 2.24) is 20.2 Å². The molecule has 0 saturated heterocycles. The maximum Gasteiger partial charge on any atom is 0.317 e. The molecule has 3 rings (SSSR count). The third-order valence-electron chi connectivity index (χ3n) is 4.37. The van der Waals surface area contributed by atoms with E-state index >= 15 is 0 Å². The van der Waals surface area contributed by atoms with Gasteiger partial charge in [-0.3, -0.25) is 9.59 Å². The smallest absolute Gasteiger partial charge is 0.317 e. The molecule has 0 aliphatic heterocycles. The molecule has 150 valence electrons. The summed E-state index contributed by atoms with van der Waals surface area (Å²) in [6.07, 6.45) is -0.860. The maximum absolute atomic E-state index is 12.4. The van der Waals surface area contributed by atoms with E-state index in [1.54, 1.807) is 23.7 Å². The Balaban J connectivity index is 1.62. The molecule has 3 aromatic rings. The number of aryl methyl sites for hydroxylation is 3. The van der Waals surface area contributed by atoms with Crippen LogP contribution in [0, 0.1) is 20.8 Å². The fourth-order valence-electron chi connectivity index (χ4n) is 2.73. The van der Waals surface area contributed by atoms with Crippen LogP contribution in [0.4, 0.5) is 0 Å². The van der Waals surface area contributed by atoms with Crippen molar-refractivity contribution in [2.24, 2.45) is 0 Å². The fourth-order valence-corrected chi connectivity index (χ4v) is 3.39. The van der Waals surface area contributed by atoms with Crippen LogP contribution in [0.1, 0.15) is 34.0 Å². The monoisotopic (exact) mass is 410 g/mol. The number of hydrogen-bond acceptors (Lipinski definition) is 7. The summed E-state index contributed by atoms with van der Waals surface area (Å²) in [6, 6.07) is 13.2. The van der Waals surface area contributed by atoms with Crippen LogP contribution in [0.5, 0.6) is 0 Å². The van der Waals surface area contributed by atoms with Gasteiger partial charge < -0.3 is 4.74 Å². The Bertz CT molecular complexity index is 1030. The molecule has 8 heteroatoms. The zero-order valence-corrected chi connectivity index (χ0v) is 17.6. The third-order valence-corrected chi connectivity index (χ3v) is 5.26. The number of carbonyl (C=O) groups is 2. The standard InChI is InChI=1S/C21H22N4O3S/c1-13-6-9-17(10-7-13)20(27)16(4)28-19(26)12-29-21-22-23-24-25(21)18-11-14(2)5-8-15(18)3/h5-11,16H,12H2,1-4H3/t16-/m0/s1. The molecule has 2 aromatic carbocycles. The number of Topliss-reactive ketones (excluding diaryl/α,β-unsaturated/α-hetero) is 1. The van der Waals surface area contributed by atoms with Crippen molar-refractivity contribution >= 4 is 23.5 Å². The van der Waals surface area contributed by atoms with Gasteiger partial charge in [0.1, 0.15) is 0 Å². The number of rotatable bonds is 7. The van der Waals surface area contributed by atoms with E-state index in [1.165, 1.54) is 0 Å². The Morgan fingerprint density at radius 1 is 1.07 bits per heavy atom. The SMILES string of the molecule is Cc1ccc(C(=O)[C@H](C)OC(=O)CSc2nnnn2-c2cc(C)ccc2C)cc1. The van der Waals surface area contributed by atoms with Crippen LogP contribution in [-0.4, -0.2) is 43.8 Å². The van der Waals surface area contributed by atoms with Gasteiger partial charge in [-0.05, 0) is 55.3 Å². The van der Waals surface area contributed by atoms with Gasteiger partial charge in [-0.15, -0.1) is 5.10 Å². The molecular weight excluding hydrogens is 388 g/mol. The molecule has 1 aromatic heterocycles. The molecule has 0 unspecified atom stereocenters. The minimum Gasteiger partial charge on any atom is -0.454 e. The quantitative estimate of drug-likeness (QED) is 0.335. The Hall–Kier alpha value is -3.00. The average Bonchev–Trinajstić information content (AvgIpc) is 3.16. The first-order valence-electron chi connectivity index (χ1n) is 9.14. The third kappa shape index (κ3) is 5.08. The molecule has 7 nitrogen and oxygen atoms in total. The minimum atomic E-state index is -0.860. The maximum atomic E-state index is 12.4.